The lowest BCUT2D eigenvalue weighted by atomic mass is 9.82. The van der Waals surface area contributed by atoms with Crippen LogP contribution < -0.4 is 5.32 Å². The Bertz CT molecular complexity index is 1160. The summed E-state index contributed by atoms with van der Waals surface area (Å²) >= 11 is 0. The number of aryl methyl sites for hydroxylation is 2. The summed E-state index contributed by atoms with van der Waals surface area (Å²) in [5.41, 5.74) is 4.88. The molecule has 33 heavy (non-hydrogen) atoms. The van der Waals surface area contributed by atoms with Crippen LogP contribution in [0.15, 0.2) is 54.4 Å². The fraction of sp³-hybridized carbons (Fsp3) is 0.429. The van der Waals surface area contributed by atoms with Gasteiger partial charge < -0.3 is 15.8 Å². The predicted molar refractivity (Wildman–Crippen MR) is 139 cm³/mol. The summed E-state index contributed by atoms with van der Waals surface area (Å²) in [6, 6.07) is 14.4. The standard InChI is InChI=1S/C28H38N4O/c1-19(29)25(20(2)33)22-15-16-32-24(17-22)30-23(14-13-21-11-9-8-10-12-21)26(32)31-28(6,7)18-27(3,4)5/h8-12,15-17,29,31,33H,13-14,18H2,1-7H3/b25-20+,29-19?. The van der Waals surface area contributed by atoms with E-state index in [4.69, 9.17) is 10.4 Å². The molecule has 3 aromatic rings. The van der Waals surface area contributed by atoms with Crippen molar-refractivity contribution in [1.82, 2.24) is 9.38 Å². The van der Waals surface area contributed by atoms with Crippen molar-refractivity contribution in [2.24, 2.45) is 5.41 Å². The van der Waals surface area contributed by atoms with Crippen LogP contribution in [0.25, 0.3) is 11.2 Å². The van der Waals surface area contributed by atoms with Crippen molar-refractivity contribution in [1.29, 1.82) is 5.41 Å². The van der Waals surface area contributed by atoms with E-state index in [-0.39, 0.29) is 16.7 Å². The number of nitrogens with zero attached hydrogens (tertiary/aromatic N) is 2. The van der Waals surface area contributed by atoms with E-state index >= 15 is 0 Å². The normalized spacial score (nSPS) is 13.2. The molecule has 0 aliphatic rings. The van der Waals surface area contributed by atoms with Crippen LogP contribution in [0, 0.1) is 10.8 Å². The molecule has 3 N–H and O–H groups in total. The summed E-state index contributed by atoms with van der Waals surface area (Å²) in [7, 11) is 0. The summed E-state index contributed by atoms with van der Waals surface area (Å²) in [4.78, 5) is 5.00. The Morgan fingerprint density at radius 2 is 1.70 bits per heavy atom. The van der Waals surface area contributed by atoms with Crippen molar-refractivity contribution in [2.45, 2.75) is 73.3 Å². The zero-order valence-electron chi connectivity index (χ0n) is 21.1. The molecule has 0 saturated carbocycles. The van der Waals surface area contributed by atoms with Crippen LogP contribution in [-0.2, 0) is 12.8 Å². The average molecular weight is 447 g/mol. The molecule has 2 heterocycles. The van der Waals surface area contributed by atoms with Gasteiger partial charge in [0.2, 0.25) is 0 Å². The van der Waals surface area contributed by atoms with Crippen LogP contribution in [0.5, 0.6) is 0 Å². The molecular formula is C28H38N4O. The third kappa shape index (κ3) is 6.25. The van der Waals surface area contributed by atoms with Gasteiger partial charge in [-0.15, -0.1) is 0 Å². The molecule has 5 heteroatoms. The van der Waals surface area contributed by atoms with Gasteiger partial charge >= 0.3 is 0 Å². The lowest BCUT2D eigenvalue weighted by Gasteiger charge is -2.34. The van der Waals surface area contributed by atoms with Gasteiger partial charge in [-0.05, 0) is 75.6 Å². The van der Waals surface area contributed by atoms with Gasteiger partial charge in [0.15, 0.2) is 0 Å². The number of hydrogen-bond donors (Lipinski definition) is 3. The van der Waals surface area contributed by atoms with Gasteiger partial charge in [-0.1, -0.05) is 51.1 Å². The molecular weight excluding hydrogens is 408 g/mol. The average Bonchev–Trinajstić information content (AvgIpc) is 3.01. The Hall–Kier alpha value is -3.08. The highest BCUT2D eigenvalue weighted by atomic mass is 16.3. The van der Waals surface area contributed by atoms with Crippen LogP contribution in [0.3, 0.4) is 0 Å². The molecule has 0 saturated heterocycles. The number of anilines is 1. The van der Waals surface area contributed by atoms with Gasteiger partial charge in [0.25, 0.3) is 0 Å². The van der Waals surface area contributed by atoms with Crippen molar-refractivity contribution in [3.05, 3.63) is 71.2 Å². The Balaban J connectivity index is 2.06. The fourth-order valence-corrected chi connectivity index (χ4v) is 4.85. The van der Waals surface area contributed by atoms with Crippen molar-refractivity contribution in [2.75, 3.05) is 5.32 Å². The van der Waals surface area contributed by atoms with Crippen LogP contribution in [0.1, 0.15) is 71.7 Å². The Kier molecular flexibility index (Phi) is 7.01. The van der Waals surface area contributed by atoms with Crippen molar-refractivity contribution >= 4 is 22.7 Å². The number of hydrogen-bond acceptors (Lipinski definition) is 4. The molecule has 0 fully saturated rings. The van der Waals surface area contributed by atoms with Crippen molar-refractivity contribution < 1.29 is 5.11 Å². The summed E-state index contributed by atoms with van der Waals surface area (Å²) in [6.45, 7) is 14.6. The van der Waals surface area contributed by atoms with Gasteiger partial charge in [-0.2, -0.15) is 0 Å². The van der Waals surface area contributed by atoms with Crippen molar-refractivity contribution in [3.8, 4) is 0 Å². The number of allylic oxidation sites excluding steroid dienone is 2. The number of aliphatic hydroxyl groups excluding tert-OH is 1. The molecule has 0 atom stereocenters. The Morgan fingerprint density at radius 3 is 2.27 bits per heavy atom. The minimum atomic E-state index is -0.118. The van der Waals surface area contributed by atoms with E-state index in [1.165, 1.54) is 5.56 Å². The molecule has 0 aliphatic carbocycles. The Morgan fingerprint density at radius 1 is 1.03 bits per heavy atom. The van der Waals surface area contributed by atoms with E-state index in [0.29, 0.717) is 11.3 Å². The number of benzene rings is 1. The summed E-state index contributed by atoms with van der Waals surface area (Å²) in [6.07, 6.45) is 4.73. The number of fused-ring (bicyclic) bond motifs is 1. The van der Waals surface area contributed by atoms with Crippen LogP contribution >= 0.6 is 0 Å². The highest BCUT2D eigenvalue weighted by Gasteiger charge is 2.27. The first kappa shape index (κ1) is 24.6. The fourth-order valence-electron chi connectivity index (χ4n) is 4.85. The number of imidazole rings is 1. The van der Waals surface area contributed by atoms with E-state index in [2.05, 4.69) is 68.6 Å². The smallest absolute Gasteiger partial charge is 0.139 e. The molecule has 5 nitrogen and oxygen atoms in total. The first-order valence-corrected chi connectivity index (χ1v) is 11.7. The van der Waals surface area contributed by atoms with Crippen molar-refractivity contribution in [3.63, 3.8) is 0 Å². The molecule has 0 spiro atoms. The van der Waals surface area contributed by atoms with Gasteiger partial charge in [-0.25, -0.2) is 4.98 Å². The topological polar surface area (TPSA) is 73.4 Å². The second-order valence-corrected chi connectivity index (χ2v) is 10.9. The number of aliphatic hydroxyl groups is 1. The SMILES string of the molecule is CC(=N)/C(=C(/C)O)c1ccn2c(NC(C)(C)CC(C)(C)C)c(CCc3ccccc3)nc2c1. The molecule has 0 aliphatic heterocycles. The molecule has 0 unspecified atom stereocenters. The number of rotatable bonds is 8. The highest BCUT2D eigenvalue weighted by Crippen LogP contribution is 2.32. The van der Waals surface area contributed by atoms with Crippen LogP contribution in [-0.4, -0.2) is 25.7 Å². The minimum Gasteiger partial charge on any atom is -0.512 e. The Labute approximate surface area is 198 Å². The first-order valence-electron chi connectivity index (χ1n) is 11.7. The first-order chi connectivity index (χ1) is 15.4. The molecule has 2 aromatic heterocycles. The molecule has 176 valence electrons. The maximum atomic E-state index is 10.1. The highest BCUT2D eigenvalue weighted by molar-refractivity contribution is 6.21. The van der Waals surface area contributed by atoms with E-state index in [1.807, 2.05) is 24.4 Å². The molecule has 3 rings (SSSR count). The van der Waals surface area contributed by atoms with Crippen LogP contribution in [0.4, 0.5) is 5.82 Å². The molecule has 0 amide bonds. The van der Waals surface area contributed by atoms with Gasteiger partial charge in [-0.3, -0.25) is 4.40 Å². The quantitative estimate of drug-likeness (QED) is 0.256. The largest absolute Gasteiger partial charge is 0.512 e. The molecule has 1 aromatic carbocycles. The summed E-state index contributed by atoms with van der Waals surface area (Å²) in [5, 5.41) is 22.0. The maximum Gasteiger partial charge on any atom is 0.139 e. The zero-order chi connectivity index (χ0) is 24.4. The van der Waals surface area contributed by atoms with Crippen LogP contribution in [0.2, 0.25) is 0 Å². The monoisotopic (exact) mass is 446 g/mol. The molecule has 0 radical (unpaired) electrons. The third-order valence-corrected chi connectivity index (χ3v) is 5.65. The lowest BCUT2D eigenvalue weighted by molar-refractivity contribution is 0.302. The maximum absolute atomic E-state index is 10.1. The number of nitrogens with one attached hydrogen (secondary N) is 2. The summed E-state index contributed by atoms with van der Waals surface area (Å²) < 4.78 is 2.10. The van der Waals surface area contributed by atoms with E-state index in [0.717, 1.165) is 42.0 Å². The van der Waals surface area contributed by atoms with Gasteiger partial charge in [0.05, 0.1) is 11.5 Å². The van der Waals surface area contributed by atoms with E-state index in [1.54, 1.807) is 13.8 Å². The summed E-state index contributed by atoms with van der Waals surface area (Å²) in [5.74, 6) is 1.16. The zero-order valence-corrected chi connectivity index (χ0v) is 21.1. The lowest BCUT2D eigenvalue weighted by Crippen LogP contribution is -2.36. The van der Waals surface area contributed by atoms with Gasteiger partial charge in [0.1, 0.15) is 11.5 Å². The number of pyridine rings is 1. The van der Waals surface area contributed by atoms with E-state index < -0.39 is 0 Å². The predicted octanol–water partition coefficient (Wildman–Crippen LogP) is 7.07. The second kappa shape index (κ2) is 9.42. The second-order valence-electron chi connectivity index (χ2n) is 10.9. The minimum absolute atomic E-state index is 0.118. The molecule has 0 bridgehead atoms. The van der Waals surface area contributed by atoms with Gasteiger partial charge in [0, 0.05) is 23.0 Å². The third-order valence-electron chi connectivity index (χ3n) is 5.65. The van der Waals surface area contributed by atoms with E-state index in [9.17, 15) is 5.11 Å². The number of aromatic nitrogens is 2.